The van der Waals surface area contributed by atoms with E-state index in [-0.39, 0.29) is 37.5 Å². The van der Waals surface area contributed by atoms with Crippen molar-refractivity contribution in [3.05, 3.63) is 49.6 Å². The summed E-state index contributed by atoms with van der Waals surface area (Å²) in [5, 5.41) is 10.5. The van der Waals surface area contributed by atoms with Gasteiger partial charge in [-0.3, -0.25) is 14.4 Å². The van der Waals surface area contributed by atoms with Gasteiger partial charge in [0.15, 0.2) is 0 Å². The number of allylic oxidation sites excluding steroid dienone is 1. The van der Waals surface area contributed by atoms with Crippen LogP contribution in [0.25, 0.3) is 0 Å². The van der Waals surface area contributed by atoms with E-state index < -0.39 is 41.6 Å². The molecule has 236 valence electrons. The fourth-order valence-corrected chi connectivity index (χ4v) is 7.38. The highest BCUT2D eigenvalue weighted by Gasteiger charge is 2.75. The van der Waals surface area contributed by atoms with E-state index in [1.54, 1.807) is 22.0 Å². The van der Waals surface area contributed by atoms with Gasteiger partial charge in [0.2, 0.25) is 5.91 Å². The van der Waals surface area contributed by atoms with Crippen LogP contribution in [0.15, 0.2) is 49.6 Å². The van der Waals surface area contributed by atoms with Crippen LogP contribution in [0.1, 0.15) is 59.8 Å². The molecule has 1 aromatic carbocycles. The predicted molar refractivity (Wildman–Crippen MR) is 168 cm³/mol. The van der Waals surface area contributed by atoms with Gasteiger partial charge in [0.05, 0.1) is 37.2 Å². The number of unbranched alkanes of at least 4 members (excludes halogenated alkanes) is 1. The number of carbonyl (C=O) groups excluding carboxylic acids is 3. The van der Waals surface area contributed by atoms with E-state index in [9.17, 15) is 19.5 Å². The van der Waals surface area contributed by atoms with Crippen molar-refractivity contribution in [3.8, 4) is 0 Å². The van der Waals surface area contributed by atoms with Gasteiger partial charge in [-0.25, -0.2) is 0 Å². The Hall–Kier alpha value is -3.17. The number of aliphatic hydroxyl groups is 1. The molecule has 3 saturated heterocycles. The van der Waals surface area contributed by atoms with Crippen molar-refractivity contribution in [2.75, 3.05) is 42.6 Å². The van der Waals surface area contributed by atoms with E-state index in [1.807, 2.05) is 38.1 Å². The van der Waals surface area contributed by atoms with Gasteiger partial charge < -0.3 is 29.3 Å². The Kier molecular flexibility index (Phi) is 10.7. The van der Waals surface area contributed by atoms with Crippen LogP contribution in [0.3, 0.4) is 0 Å². The van der Waals surface area contributed by atoms with Gasteiger partial charge >= 0.3 is 5.97 Å². The minimum atomic E-state index is -1.17. The van der Waals surface area contributed by atoms with E-state index in [0.717, 1.165) is 25.2 Å². The number of carbonyl (C=O) groups is 3. The first-order valence-electron chi connectivity index (χ1n) is 15.8. The third-order valence-corrected chi connectivity index (χ3v) is 9.26. The molecule has 2 bridgehead atoms. The number of hydrogen-bond acceptors (Lipinski definition) is 7. The molecule has 3 aliphatic heterocycles. The second kappa shape index (κ2) is 14.1. The molecule has 3 aliphatic rings. The van der Waals surface area contributed by atoms with Crippen molar-refractivity contribution in [3.63, 3.8) is 0 Å². The maximum Gasteiger partial charge on any atom is 0.312 e. The molecule has 3 heterocycles. The monoisotopic (exact) mass is 595 g/mol. The average molecular weight is 596 g/mol. The van der Waals surface area contributed by atoms with Crippen LogP contribution in [-0.4, -0.2) is 84.4 Å². The molecule has 0 aromatic heterocycles. The Bertz CT molecular complexity index is 1170. The maximum atomic E-state index is 14.8. The number of benzene rings is 1. The maximum absolute atomic E-state index is 14.8. The Morgan fingerprint density at radius 1 is 1.16 bits per heavy atom. The van der Waals surface area contributed by atoms with Gasteiger partial charge in [-0.05, 0) is 76.1 Å². The zero-order valence-electron chi connectivity index (χ0n) is 26.2. The lowest BCUT2D eigenvalue weighted by Crippen LogP contribution is -2.59. The Balaban J connectivity index is 1.73. The molecule has 0 aliphatic carbocycles. The molecule has 9 heteroatoms. The Morgan fingerprint density at radius 3 is 2.42 bits per heavy atom. The molecular weight excluding hydrogens is 546 g/mol. The van der Waals surface area contributed by atoms with Crippen LogP contribution >= 0.6 is 0 Å². The van der Waals surface area contributed by atoms with E-state index in [2.05, 4.69) is 31.9 Å². The number of anilines is 2. The molecule has 1 aromatic rings. The van der Waals surface area contributed by atoms with Crippen LogP contribution in [0.5, 0.6) is 0 Å². The summed E-state index contributed by atoms with van der Waals surface area (Å²) in [4.78, 5) is 48.0. The summed E-state index contributed by atoms with van der Waals surface area (Å²) >= 11 is 0. The fourth-order valence-electron chi connectivity index (χ4n) is 7.38. The summed E-state index contributed by atoms with van der Waals surface area (Å²) in [7, 11) is 0. The first-order chi connectivity index (χ1) is 20.7. The number of ether oxygens (including phenoxy) is 2. The molecule has 1 spiro atoms. The summed E-state index contributed by atoms with van der Waals surface area (Å²) in [6.45, 7) is 17.7. The number of fused-ring (bicyclic) bond motifs is 1. The lowest BCUT2D eigenvalue weighted by molar-refractivity contribution is -0.156. The van der Waals surface area contributed by atoms with Crippen LogP contribution in [0.4, 0.5) is 11.4 Å². The molecule has 4 rings (SSSR count). The molecule has 3 fully saturated rings. The quantitative estimate of drug-likeness (QED) is 0.172. The van der Waals surface area contributed by atoms with Crippen molar-refractivity contribution in [2.45, 2.75) is 83.6 Å². The predicted octanol–water partition coefficient (Wildman–Crippen LogP) is 4.34. The number of esters is 1. The summed E-state index contributed by atoms with van der Waals surface area (Å²) in [6.07, 6.45) is 5.86. The SMILES string of the molecule is C=CCCCOC(=O)[C@@H]1[C@H]2C(=O)N([C@@H](CO)CC(C)C)C(C(=O)N(CC=C)c3ccc(N(CC)CC)cc3)C23CC[C@H]1O3. The normalized spacial score (nSPS) is 26.4. The molecule has 6 atom stereocenters. The summed E-state index contributed by atoms with van der Waals surface area (Å²) in [5.74, 6) is -2.54. The highest BCUT2D eigenvalue weighted by atomic mass is 16.6. The summed E-state index contributed by atoms with van der Waals surface area (Å²) < 4.78 is 12.2. The standard InChI is InChI=1S/C34H49N3O6/c1-7-11-12-20-42-33(41)28-27-17-18-34(43-27)29(28)31(39)37(26(22-38)21-23(5)6)30(34)32(40)36(19-8-2)25-15-13-24(14-16-25)35(9-3)10-4/h7-8,13-16,23,26-30,38H,1-2,9-12,17-22H2,3-6H3/t26-,27-,28+,29+,30?,34?/m1/s1. The smallest absolute Gasteiger partial charge is 0.312 e. The Morgan fingerprint density at radius 2 is 1.84 bits per heavy atom. The molecular formula is C34H49N3O6. The van der Waals surface area contributed by atoms with Crippen LogP contribution in [0.2, 0.25) is 0 Å². The van der Waals surface area contributed by atoms with E-state index in [4.69, 9.17) is 9.47 Å². The van der Waals surface area contributed by atoms with Crippen LogP contribution in [0, 0.1) is 17.8 Å². The first-order valence-corrected chi connectivity index (χ1v) is 15.8. The van der Waals surface area contributed by atoms with Crippen LogP contribution < -0.4 is 9.80 Å². The third-order valence-electron chi connectivity index (χ3n) is 9.26. The van der Waals surface area contributed by atoms with Gasteiger partial charge in [-0.1, -0.05) is 26.0 Å². The van der Waals surface area contributed by atoms with Gasteiger partial charge in [-0.2, -0.15) is 0 Å². The topological polar surface area (TPSA) is 99.6 Å². The zero-order valence-corrected chi connectivity index (χ0v) is 26.2. The second-order valence-electron chi connectivity index (χ2n) is 12.3. The highest BCUT2D eigenvalue weighted by molar-refractivity contribution is 6.05. The molecule has 9 nitrogen and oxygen atoms in total. The van der Waals surface area contributed by atoms with Gasteiger partial charge in [0.1, 0.15) is 11.6 Å². The molecule has 1 N–H and O–H groups in total. The van der Waals surface area contributed by atoms with Gasteiger partial charge in [0.25, 0.3) is 5.91 Å². The summed E-state index contributed by atoms with van der Waals surface area (Å²) in [6, 6.07) is 6.24. The molecule has 2 unspecified atom stereocenters. The number of aliphatic hydroxyl groups excluding tert-OH is 1. The number of hydrogen-bond donors (Lipinski definition) is 1. The first kappa shape index (κ1) is 32.7. The molecule has 43 heavy (non-hydrogen) atoms. The lowest BCUT2D eigenvalue weighted by atomic mass is 9.70. The van der Waals surface area contributed by atoms with Crippen molar-refractivity contribution >= 4 is 29.2 Å². The number of rotatable bonds is 16. The van der Waals surface area contributed by atoms with Crippen molar-refractivity contribution in [1.82, 2.24) is 4.90 Å². The second-order valence-corrected chi connectivity index (χ2v) is 12.3. The van der Waals surface area contributed by atoms with Crippen molar-refractivity contribution in [2.24, 2.45) is 17.8 Å². The minimum absolute atomic E-state index is 0.165. The van der Waals surface area contributed by atoms with Gasteiger partial charge in [0, 0.05) is 31.0 Å². The molecule has 0 radical (unpaired) electrons. The average Bonchev–Trinajstić information content (AvgIpc) is 3.65. The fraction of sp³-hybridized carbons (Fsp3) is 0.618. The lowest BCUT2D eigenvalue weighted by Gasteiger charge is -2.39. The molecule has 2 amide bonds. The largest absolute Gasteiger partial charge is 0.465 e. The van der Waals surface area contributed by atoms with Crippen LogP contribution in [-0.2, 0) is 23.9 Å². The number of likely N-dealkylation sites (tertiary alicyclic amines) is 1. The van der Waals surface area contributed by atoms with Crippen molar-refractivity contribution in [1.29, 1.82) is 0 Å². The molecule has 0 saturated carbocycles. The van der Waals surface area contributed by atoms with E-state index >= 15 is 0 Å². The minimum Gasteiger partial charge on any atom is -0.465 e. The van der Waals surface area contributed by atoms with E-state index in [0.29, 0.717) is 31.4 Å². The Labute approximate surface area is 256 Å². The highest BCUT2D eigenvalue weighted by Crippen LogP contribution is 2.59. The van der Waals surface area contributed by atoms with E-state index in [1.165, 1.54) is 0 Å². The number of amides is 2. The number of nitrogens with zero attached hydrogens (tertiary/aromatic N) is 3. The van der Waals surface area contributed by atoms with Gasteiger partial charge in [-0.15, -0.1) is 13.2 Å². The summed E-state index contributed by atoms with van der Waals surface area (Å²) in [5.41, 5.74) is 0.568. The van der Waals surface area contributed by atoms with Crippen molar-refractivity contribution < 1.29 is 29.0 Å². The zero-order chi connectivity index (χ0) is 31.3. The third kappa shape index (κ3) is 6.11.